The lowest BCUT2D eigenvalue weighted by atomic mass is 10.2. The Morgan fingerprint density at radius 2 is 2.27 bits per heavy atom. The van der Waals surface area contributed by atoms with Crippen molar-refractivity contribution in [2.24, 2.45) is 0 Å². The Labute approximate surface area is 86.9 Å². The summed E-state index contributed by atoms with van der Waals surface area (Å²) in [6, 6.07) is 5.17. The topological polar surface area (TPSA) is 52.1 Å². The zero-order chi connectivity index (χ0) is 10.7. The van der Waals surface area contributed by atoms with Gasteiger partial charge in [-0.05, 0) is 25.1 Å². The summed E-state index contributed by atoms with van der Waals surface area (Å²) in [6.45, 7) is 2.43. The number of benzene rings is 1. The molecule has 0 radical (unpaired) electrons. The van der Waals surface area contributed by atoms with E-state index in [-0.39, 0.29) is 0 Å². The molecule has 0 amide bonds. The number of carbonyl (C=O) groups is 1. The van der Waals surface area contributed by atoms with E-state index in [0.717, 1.165) is 11.8 Å². The maximum atomic E-state index is 10.6. The Morgan fingerprint density at radius 3 is 3.00 bits per heavy atom. The van der Waals surface area contributed by atoms with Gasteiger partial charge in [0.2, 0.25) is 5.88 Å². The average molecular weight is 202 g/mol. The number of aldehydes is 1. The van der Waals surface area contributed by atoms with E-state index in [4.69, 9.17) is 4.74 Å². The molecule has 0 aliphatic heterocycles. The SMILES string of the molecule is CCOc1cnc2ccc(C=O)cc2n1. The van der Waals surface area contributed by atoms with E-state index < -0.39 is 0 Å². The van der Waals surface area contributed by atoms with Gasteiger partial charge >= 0.3 is 0 Å². The van der Waals surface area contributed by atoms with Gasteiger partial charge in [0.1, 0.15) is 6.29 Å². The molecule has 0 aliphatic rings. The predicted molar refractivity (Wildman–Crippen MR) is 56.1 cm³/mol. The molecule has 76 valence electrons. The third-order valence-electron chi connectivity index (χ3n) is 1.97. The van der Waals surface area contributed by atoms with E-state index in [0.29, 0.717) is 23.6 Å². The molecule has 4 nitrogen and oxygen atoms in total. The second-order valence-electron chi connectivity index (χ2n) is 3.01. The van der Waals surface area contributed by atoms with Gasteiger partial charge in [0.25, 0.3) is 0 Å². The molecule has 0 fully saturated rings. The van der Waals surface area contributed by atoms with Gasteiger partial charge in [0.05, 0.1) is 23.8 Å². The molecule has 1 aromatic heterocycles. The van der Waals surface area contributed by atoms with Gasteiger partial charge < -0.3 is 4.74 Å². The summed E-state index contributed by atoms with van der Waals surface area (Å²) in [6.07, 6.45) is 2.36. The normalized spacial score (nSPS) is 10.2. The smallest absolute Gasteiger partial charge is 0.232 e. The summed E-state index contributed by atoms with van der Waals surface area (Å²) in [5, 5.41) is 0. The fourth-order valence-electron chi connectivity index (χ4n) is 1.30. The molecule has 0 N–H and O–H groups in total. The minimum atomic E-state index is 0.480. The van der Waals surface area contributed by atoms with Crippen LogP contribution in [0.1, 0.15) is 17.3 Å². The molecule has 0 saturated heterocycles. The molecule has 0 saturated carbocycles. The Balaban J connectivity index is 2.52. The standard InChI is InChI=1S/C11H10N2O2/c1-2-15-11-6-12-9-4-3-8(7-14)5-10(9)13-11/h3-7H,2H2,1H3. The zero-order valence-corrected chi connectivity index (χ0v) is 8.30. The van der Waals surface area contributed by atoms with Gasteiger partial charge in [0.15, 0.2) is 0 Å². The highest BCUT2D eigenvalue weighted by Crippen LogP contribution is 2.14. The van der Waals surface area contributed by atoms with Crippen LogP contribution in [0, 0.1) is 0 Å². The number of nitrogens with zero attached hydrogens (tertiary/aromatic N) is 2. The summed E-state index contributed by atoms with van der Waals surface area (Å²) in [4.78, 5) is 19.0. The Hall–Kier alpha value is -1.97. The van der Waals surface area contributed by atoms with Crippen LogP contribution in [0.15, 0.2) is 24.4 Å². The highest BCUT2D eigenvalue weighted by atomic mass is 16.5. The summed E-state index contributed by atoms with van der Waals surface area (Å²) in [7, 11) is 0. The lowest BCUT2D eigenvalue weighted by Crippen LogP contribution is -1.96. The molecule has 1 heterocycles. The Morgan fingerprint density at radius 1 is 1.40 bits per heavy atom. The maximum Gasteiger partial charge on any atom is 0.232 e. The van der Waals surface area contributed by atoms with E-state index in [2.05, 4.69) is 9.97 Å². The third kappa shape index (κ3) is 1.93. The molecule has 0 bridgehead atoms. The molecule has 0 aliphatic carbocycles. The van der Waals surface area contributed by atoms with Crippen LogP contribution < -0.4 is 4.74 Å². The van der Waals surface area contributed by atoms with E-state index in [9.17, 15) is 4.79 Å². The minimum Gasteiger partial charge on any atom is -0.477 e. The second-order valence-corrected chi connectivity index (χ2v) is 3.01. The molecule has 2 aromatic rings. The first-order chi connectivity index (χ1) is 7.33. The number of fused-ring (bicyclic) bond motifs is 1. The summed E-state index contributed by atoms with van der Waals surface area (Å²) in [5.41, 5.74) is 2.01. The summed E-state index contributed by atoms with van der Waals surface area (Å²) < 4.78 is 5.23. The van der Waals surface area contributed by atoms with E-state index in [1.54, 1.807) is 24.4 Å². The molecule has 1 aromatic carbocycles. The van der Waals surface area contributed by atoms with Crippen LogP contribution in [-0.2, 0) is 0 Å². The number of ether oxygens (including phenoxy) is 1. The van der Waals surface area contributed by atoms with Gasteiger partial charge in [-0.25, -0.2) is 9.97 Å². The highest BCUT2D eigenvalue weighted by molar-refractivity contribution is 5.84. The Bertz CT molecular complexity index is 497. The quantitative estimate of drug-likeness (QED) is 0.712. The van der Waals surface area contributed by atoms with Gasteiger partial charge in [0, 0.05) is 5.56 Å². The van der Waals surface area contributed by atoms with E-state index in [1.165, 1.54) is 0 Å². The van der Waals surface area contributed by atoms with Crippen LogP contribution in [-0.4, -0.2) is 22.9 Å². The molecule has 0 unspecified atom stereocenters. The fourth-order valence-corrected chi connectivity index (χ4v) is 1.30. The number of carbonyl (C=O) groups excluding carboxylic acids is 1. The van der Waals surface area contributed by atoms with Crippen LogP contribution in [0.5, 0.6) is 5.88 Å². The lowest BCUT2D eigenvalue weighted by molar-refractivity contribution is 0.112. The van der Waals surface area contributed by atoms with Crippen molar-refractivity contribution in [2.45, 2.75) is 6.92 Å². The first kappa shape index (κ1) is 9.58. The van der Waals surface area contributed by atoms with Crippen molar-refractivity contribution in [3.8, 4) is 5.88 Å². The van der Waals surface area contributed by atoms with E-state index in [1.807, 2.05) is 6.92 Å². The molecular weight excluding hydrogens is 192 g/mol. The molecule has 0 spiro atoms. The van der Waals surface area contributed by atoms with Gasteiger partial charge in [-0.3, -0.25) is 4.79 Å². The number of hydrogen-bond donors (Lipinski definition) is 0. The van der Waals surface area contributed by atoms with Crippen molar-refractivity contribution in [3.05, 3.63) is 30.0 Å². The number of hydrogen-bond acceptors (Lipinski definition) is 4. The monoisotopic (exact) mass is 202 g/mol. The third-order valence-corrected chi connectivity index (χ3v) is 1.97. The molecule has 15 heavy (non-hydrogen) atoms. The van der Waals surface area contributed by atoms with Crippen LogP contribution in [0.3, 0.4) is 0 Å². The fraction of sp³-hybridized carbons (Fsp3) is 0.182. The average Bonchev–Trinajstić information content (AvgIpc) is 2.28. The van der Waals surface area contributed by atoms with Crippen LogP contribution in [0.2, 0.25) is 0 Å². The summed E-state index contributed by atoms with van der Waals surface area (Å²) in [5.74, 6) is 0.480. The van der Waals surface area contributed by atoms with E-state index >= 15 is 0 Å². The first-order valence-corrected chi connectivity index (χ1v) is 4.68. The maximum absolute atomic E-state index is 10.6. The lowest BCUT2D eigenvalue weighted by Gasteiger charge is -2.02. The summed E-state index contributed by atoms with van der Waals surface area (Å²) >= 11 is 0. The second kappa shape index (κ2) is 4.04. The zero-order valence-electron chi connectivity index (χ0n) is 8.30. The van der Waals surface area contributed by atoms with Crippen molar-refractivity contribution >= 4 is 17.3 Å². The molecular formula is C11H10N2O2. The molecule has 4 heteroatoms. The van der Waals surface area contributed by atoms with Crippen LogP contribution >= 0.6 is 0 Å². The Kier molecular flexibility index (Phi) is 2.58. The van der Waals surface area contributed by atoms with Gasteiger partial charge in [-0.15, -0.1) is 0 Å². The number of rotatable bonds is 3. The first-order valence-electron chi connectivity index (χ1n) is 4.68. The molecule has 2 rings (SSSR count). The van der Waals surface area contributed by atoms with Crippen molar-refractivity contribution in [1.82, 2.24) is 9.97 Å². The van der Waals surface area contributed by atoms with Gasteiger partial charge in [-0.2, -0.15) is 0 Å². The van der Waals surface area contributed by atoms with Crippen LogP contribution in [0.4, 0.5) is 0 Å². The largest absolute Gasteiger partial charge is 0.477 e. The predicted octanol–water partition coefficient (Wildman–Crippen LogP) is 1.84. The minimum absolute atomic E-state index is 0.480. The van der Waals surface area contributed by atoms with Gasteiger partial charge in [-0.1, -0.05) is 0 Å². The van der Waals surface area contributed by atoms with Crippen molar-refractivity contribution in [2.75, 3.05) is 6.61 Å². The highest BCUT2D eigenvalue weighted by Gasteiger charge is 2.01. The molecule has 0 atom stereocenters. The van der Waals surface area contributed by atoms with Crippen molar-refractivity contribution < 1.29 is 9.53 Å². The van der Waals surface area contributed by atoms with Crippen molar-refractivity contribution in [1.29, 1.82) is 0 Å². The van der Waals surface area contributed by atoms with Crippen LogP contribution in [0.25, 0.3) is 11.0 Å². The number of aromatic nitrogens is 2. The van der Waals surface area contributed by atoms with Crippen molar-refractivity contribution in [3.63, 3.8) is 0 Å².